The minimum Gasteiger partial charge on any atom is -0.366 e. The van der Waals surface area contributed by atoms with Gasteiger partial charge in [-0.2, -0.15) is 5.10 Å². The van der Waals surface area contributed by atoms with Gasteiger partial charge < -0.3 is 10.6 Å². The van der Waals surface area contributed by atoms with Gasteiger partial charge in [-0.3, -0.25) is 0 Å². The Balaban J connectivity index is 2.20. The van der Waals surface area contributed by atoms with Crippen LogP contribution in [0.3, 0.4) is 0 Å². The summed E-state index contributed by atoms with van der Waals surface area (Å²) in [5.74, 6) is 11.2. The van der Waals surface area contributed by atoms with Crippen LogP contribution < -0.4 is 16.7 Å². The van der Waals surface area contributed by atoms with E-state index in [4.69, 9.17) is 16.4 Å². The Hall–Kier alpha value is -1.66. The summed E-state index contributed by atoms with van der Waals surface area (Å²) in [6.45, 7) is 0.728. The second kappa shape index (κ2) is 3.60. The highest BCUT2D eigenvalue weighted by molar-refractivity contribution is 5.75. The van der Waals surface area contributed by atoms with Gasteiger partial charge in [0.1, 0.15) is 18.3 Å². The molecule has 0 amide bonds. The summed E-state index contributed by atoms with van der Waals surface area (Å²) >= 11 is 0. The van der Waals surface area contributed by atoms with Gasteiger partial charge >= 0.3 is 0 Å². The van der Waals surface area contributed by atoms with E-state index >= 15 is 0 Å². The average molecular weight is 193 g/mol. The van der Waals surface area contributed by atoms with Gasteiger partial charge in [0.15, 0.2) is 0 Å². The fourth-order valence-corrected chi connectivity index (χ4v) is 1.11. The second-order valence-corrected chi connectivity index (χ2v) is 2.91. The van der Waals surface area contributed by atoms with Crippen molar-refractivity contribution in [2.24, 2.45) is 16.8 Å². The molecule has 6 nitrogen and oxygen atoms in total. The van der Waals surface area contributed by atoms with Crippen LogP contribution in [0.15, 0.2) is 23.3 Å². The van der Waals surface area contributed by atoms with E-state index in [9.17, 15) is 0 Å². The lowest BCUT2D eigenvalue weighted by molar-refractivity contribution is 0.411. The summed E-state index contributed by atoms with van der Waals surface area (Å²) < 4.78 is 5.11. The van der Waals surface area contributed by atoms with Crippen molar-refractivity contribution in [2.75, 3.05) is 11.6 Å². The molecule has 6 heteroatoms. The summed E-state index contributed by atoms with van der Waals surface area (Å²) in [7, 11) is 0. The minimum absolute atomic E-state index is 0.123. The van der Waals surface area contributed by atoms with E-state index in [-0.39, 0.29) is 6.10 Å². The SMILES string of the molecule is N/N=C\N(N)c1cccc(C2CO2)n1. The molecule has 2 rings (SSSR count). The third-order valence-electron chi connectivity index (χ3n) is 1.87. The first kappa shape index (κ1) is 8.92. The number of ether oxygens (including phenoxy) is 1. The molecule has 0 aliphatic carbocycles. The number of hydrazine groups is 1. The van der Waals surface area contributed by atoms with E-state index in [1.807, 2.05) is 12.1 Å². The topological polar surface area (TPSA) is 93.1 Å². The van der Waals surface area contributed by atoms with Gasteiger partial charge in [0.25, 0.3) is 0 Å². The normalized spacial score (nSPS) is 19.9. The first-order valence-corrected chi connectivity index (χ1v) is 4.17. The number of hydrogen-bond donors (Lipinski definition) is 2. The Labute approximate surface area is 81.1 Å². The maximum absolute atomic E-state index is 5.60. The standard InChI is InChI=1S/C8H11N5O/c9-11-5-13(10)8-3-1-2-6(12-8)7-4-14-7/h1-3,5,7H,4,9-10H2/b11-5-. The van der Waals surface area contributed by atoms with E-state index < -0.39 is 0 Å². The number of rotatable bonds is 3. The van der Waals surface area contributed by atoms with Gasteiger partial charge in [-0.25, -0.2) is 15.8 Å². The zero-order valence-electron chi connectivity index (χ0n) is 7.50. The third-order valence-corrected chi connectivity index (χ3v) is 1.87. The van der Waals surface area contributed by atoms with Gasteiger partial charge in [-0.05, 0) is 12.1 Å². The summed E-state index contributed by atoms with van der Waals surface area (Å²) in [5.41, 5.74) is 0.878. The molecule has 4 N–H and O–H groups in total. The van der Waals surface area contributed by atoms with Crippen LogP contribution in [0.5, 0.6) is 0 Å². The van der Waals surface area contributed by atoms with Gasteiger partial charge in [0.05, 0.1) is 12.3 Å². The molecule has 74 valence electrons. The maximum atomic E-state index is 5.60. The first-order chi connectivity index (χ1) is 6.81. The van der Waals surface area contributed by atoms with Crippen LogP contribution in [0, 0.1) is 0 Å². The zero-order valence-corrected chi connectivity index (χ0v) is 7.50. The van der Waals surface area contributed by atoms with Crippen LogP contribution in [0.4, 0.5) is 5.82 Å². The Bertz CT molecular complexity index is 349. The molecular formula is C8H11N5O. The molecule has 1 saturated heterocycles. The van der Waals surface area contributed by atoms with Gasteiger partial charge in [0.2, 0.25) is 0 Å². The second-order valence-electron chi connectivity index (χ2n) is 2.91. The molecular weight excluding hydrogens is 182 g/mol. The van der Waals surface area contributed by atoms with Crippen molar-refractivity contribution >= 4 is 12.2 Å². The number of aromatic nitrogens is 1. The Kier molecular flexibility index (Phi) is 2.30. The molecule has 14 heavy (non-hydrogen) atoms. The van der Waals surface area contributed by atoms with Crippen LogP contribution in [-0.2, 0) is 4.74 Å². The number of epoxide rings is 1. The van der Waals surface area contributed by atoms with Crippen molar-refractivity contribution in [3.63, 3.8) is 0 Å². The van der Waals surface area contributed by atoms with Gasteiger partial charge in [0, 0.05) is 0 Å². The number of pyridine rings is 1. The Morgan fingerprint density at radius 2 is 2.43 bits per heavy atom. The lowest BCUT2D eigenvalue weighted by atomic mass is 10.3. The Morgan fingerprint density at radius 1 is 1.64 bits per heavy atom. The van der Waals surface area contributed by atoms with E-state index in [0.717, 1.165) is 12.3 Å². The van der Waals surface area contributed by atoms with E-state index in [1.165, 1.54) is 11.3 Å². The van der Waals surface area contributed by atoms with Crippen molar-refractivity contribution in [2.45, 2.75) is 6.10 Å². The van der Waals surface area contributed by atoms with Crippen molar-refractivity contribution in [3.8, 4) is 0 Å². The largest absolute Gasteiger partial charge is 0.366 e. The van der Waals surface area contributed by atoms with Crippen LogP contribution in [0.25, 0.3) is 0 Å². The van der Waals surface area contributed by atoms with Crippen molar-refractivity contribution in [3.05, 3.63) is 23.9 Å². The number of nitrogens with two attached hydrogens (primary N) is 2. The van der Waals surface area contributed by atoms with Crippen LogP contribution >= 0.6 is 0 Å². The quantitative estimate of drug-likeness (QED) is 0.227. The molecule has 0 bridgehead atoms. The molecule has 1 aromatic rings. The van der Waals surface area contributed by atoms with Crippen molar-refractivity contribution in [1.29, 1.82) is 0 Å². The predicted molar refractivity (Wildman–Crippen MR) is 52.3 cm³/mol. The molecule has 1 aliphatic heterocycles. The number of nitrogens with zero attached hydrogens (tertiary/aromatic N) is 3. The molecule has 1 fully saturated rings. The lowest BCUT2D eigenvalue weighted by Gasteiger charge is -2.10. The monoisotopic (exact) mass is 193 g/mol. The number of anilines is 1. The Morgan fingerprint density at radius 3 is 3.07 bits per heavy atom. The van der Waals surface area contributed by atoms with Crippen LogP contribution in [0.1, 0.15) is 11.8 Å². The average Bonchev–Trinajstić information content (AvgIpc) is 3.02. The van der Waals surface area contributed by atoms with E-state index in [1.54, 1.807) is 6.07 Å². The first-order valence-electron chi connectivity index (χ1n) is 4.17. The molecule has 1 atom stereocenters. The third kappa shape index (κ3) is 1.81. The fraction of sp³-hybridized carbons (Fsp3) is 0.250. The highest BCUT2D eigenvalue weighted by Crippen LogP contribution is 2.28. The number of hydrogen-bond acceptors (Lipinski definition) is 5. The molecule has 0 radical (unpaired) electrons. The maximum Gasteiger partial charge on any atom is 0.148 e. The zero-order chi connectivity index (χ0) is 9.97. The van der Waals surface area contributed by atoms with Crippen LogP contribution in [-0.4, -0.2) is 17.9 Å². The van der Waals surface area contributed by atoms with Crippen molar-refractivity contribution < 1.29 is 4.74 Å². The highest BCUT2D eigenvalue weighted by atomic mass is 16.6. The fourth-order valence-electron chi connectivity index (χ4n) is 1.11. The lowest BCUT2D eigenvalue weighted by Crippen LogP contribution is -2.30. The summed E-state index contributed by atoms with van der Waals surface area (Å²) in [6.07, 6.45) is 1.41. The molecule has 2 heterocycles. The summed E-state index contributed by atoms with van der Waals surface area (Å²) in [6, 6.07) is 5.53. The molecule has 0 spiro atoms. The number of hydrazone groups is 1. The highest BCUT2D eigenvalue weighted by Gasteiger charge is 2.26. The molecule has 1 aliphatic rings. The van der Waals surface area contributed by atoms with E-state index in [0.29, 0.717) is 5.82 Å². The summed E-state index contributed by atoms with van der Waals surface area (Å²) in [5, 5.41) is 4.56. The van der Waals surface area contributed by atoms with Crippen LogP contribution in [0.2, 0.25) is 0 Å². The van der Waals surface area contributed by atoms with Crippen molar-refractivity contribution in [1.82, 2.24) is 4.98 Å². The summed E-state index contributed by atoms with van der Waals surface area (Å²) in [4.78, 5) is 4.28. The van der Waals surface area contributed by atoms with Gasteiger partial charge in [-0.1, -0.05) is 6.07 Å². The molecule has 1 unspecified atom stereocenters. The molecule has 0 saturated carbocycles. The molecule has 1 aromatic heterocycles. The minimum atomic E-state index is 0.123. The smallest absolute Gasteiger partial charge is 0.148 e. The van der Waals surface area contributed by atoms with E-state index in [2.05, 4.69) is 10.1 Å². The van der Waals surface area contributed by atoms with Gasteiger partial charge in [-0.15, -0.1) is 0 Å². The predicted octanol–water partition coefficient (Wildman–Crippen LogP) is -0.265. The molecule has 0 aromatic carbocycles.